The fraction of sp³-hybridized carbons (Fsp3) is 0.800. The first-order valence-corrected chi connectivity index (χ1v) is 3.16. The van der Waals surface area contributed by atoms with Crippen LogP contribution in [0.2, 0.25) is 0 Å². The Kier molecular flexibility index (Phi) is 14.2. The van der Waals surface area contributed by atoms with Gasteiger partial charge < -0.3 is 10.2 Å². The molecule has 62 valence electrons. The number of aliphatic hydroxyl groups is 1. The molecule has 0 aromatic heterocycles. The molecule has 3 N–H and O–H groups in total. The number of carboxylic acid groups (broad SMARTS) is 1. The van der Waals surface area contributed by atoms with Crippen LogP contribution >= 0.6 is 11.8 Å². The average molecular weight is 170 g/mol. The van der Waals surface area contributed by atoms with Gasteiger partial charge in [-0.3, -0.25) is 4.79 Å². The molecule has 4 nitrogen and oxygen atoms in total. The van der Waals surface area contributed by atoms with Crippen LogP contribution in [0.1, 0.15) is 13.3 Å². The van der Waals surface area contributed by atoms with Gasteiger partial charge in [-0.2, -0.15) is 0 Å². The third-order valence-electron chi connectivity index (χ3n) is 0.429. The number of hydrogen-bond acceptors (Lipinski definition) is 3. The zero-order chi connectivity index (χ0) is 8.41. The smallest absolute Gasteiger partial charge is 0.300 e. The van der Waals surface area contributed by atoms with Gasteiger partial charge in [-0.15, -0.1) is 0 Å². The summed E-state index contributed by atoms with van der Waals surface area (Å²) in [5.74, 6) is -0.833. The molecule has 0 aliphatic carbocycles. The minimum Gasteiger partial charge on any atom is -0.481 e. The third kappa shape index (κ3) is 47.7. The van der Waals surface area contributed by atoms with Gasteiger partial charge in [0.1, 0.15) is 0 Å². The molecule has 0 spiro atoms. The molecule has 0 saturated carbocycles. The van der Waals surface area contributed by atoms with Crippen LogP contribution in [0.25, 0.3) is 0 Å². The monoisotopic (exact) mass is 169 g/mol. The lowest BCUT2D eigenvalue weighted by Crippen LogP contribution is -2.01. The van der Waals surface area contributed by atoms with Gasteiger partial charge in [0.05, 0.1) is 0 Å². The van der Waals surface area contributed by atoms with Gasteiger partial charge in [0.15, 0.2) is 0 Å². The lowest BCUT2D eigenvalue weighted by molar-refractivity contribution is -0.134. The predicted octanol–water partition coefficient (Wildman–Crippen LogP) is 0.203. The Morgan fingerprint density at radius 2 is 2.10 bits per heavy atom. The lowest BCUT2D eigenvalue weighted by atomic mass is 10.5. The van der Waals surface area contributed by atoms with Gasteiger partial charge >= 0.3 is 0 Å². The maximum atomic E-state index is 9.00. The first-order chi connectivity index (χ1) is 4.65. The molecule has 0 rings (SSSR count). The maximum Gasteiger partial charge on any atom is 0.300 e. The molecule has 10 heavy (non-hydrogen) atoms. The normalized spacial score (nSPS) is 7.90. The fourth-order valence-electron chi connectivity index (χ4n) is 0.146. The van der Waals surface area contributed by atoms with E-state index in [0.29, 0.717) is 6.54 Å². The summed E-state index contributed by atoms with van der Waals surface area (Å²) in [6.45, 7) is 1.97. The SMILES string of the molecule is CC(=O)O.OCCCNCl. The molecule has 0 unspecified atom stereocenters. The van der Waals surface area contributed by atoms with Gasteiger partial charge in [0.25, 0.3) is 5.97 Å². The highest BCUT2D eigenvalue weighted by Gasteiger charge is 1.76. The molecule has 0 aliphatic rings. The Morgan fingerprint density at radius 3 is 2.20 bits per heavy atom. The van der Waals surface area contributed by atoms with Crippen molar-refractivity contribution >= 4 is 17.7 Å². The van der Waals surface area contributed by atoms with Crippen LogP contribution < -0.4 is 4.84 Å². The molecule has 5 heteroatoms. The first kappa shape index (κ1) is 12.4. The zero-order valence-corrected chi connectivity index (χ0v) is 6.56. The second-order valence-corrected chi connectivity index (χ2v) is 1.75. The number of carbonyl (C=O) groups is 1. The van der Waals surface area contributed by atoms with Crippen molar-refractivity contribution in [1.82, 2.24) is 4.84 Å². The quantitative estimate of drug-likeness (QED) is 0.417. The number of hydrogen-bond donors (Lipinski definition) is 3. The van der Waals surface area contributed by atoms with Gasteiger partial charge in [-0.05, 0) is 18.2 Å². The van der Waals surface area contributed by atoms with Crippen LogP contribution in [0.5, 0.6) is 0 Å². The van der Waals surface area contributed by atoms with Gasteiger partial charge in [-0.25, -0.2) is 4.84 Å². The van der Waals surface area contributed by atoms with E-state index in [9.17, 15) is 0 Å². The van der Waals surface area contributed by atoms with E-state index in [1.165, 1.54) is 0 Å². The summed E-state index contributed by atoms with van der Waals surface area (Å²) in [4.78, 5) is 11.4. The van der Waals surface area contributed by atoms with E-state index in [1.807, 2.05) is 0 Å². The Balaban J connectivity index is 0. The van der Waals surface area contributed by atoms with E-state index < -0.39 is 5.97 Å². The summed E-state index contributed by atoms with van der Waals surface area (Å²) in [6, 6.07) is 0. The molecule has 0 aliphatic heterocycles. The summed E-state index contributed by atoms with van der Waals surface area (Å²) in [6.07, 6.45) is 0.726. The van der Waals surface area contributed by atoms with E-state index in [0.717, 1.165) is 13.3 Å². The van der Waals surface area contributed by atoms with Crippen molar-refractivity contribution in [3.63, 3.8) is 0 Å². The molecule has 0 fully saturated rings. The third-order valence-corrected chi connectivity index (χ3v) is 0.618. The largest absolute Gasteiger partial charge is 0.481 e. The number of rotatable bonds is 3. The Morgan fingerprint density at radius 1 is 1.70 bits per heavy atom. The van der Waals surface area contributed by atoms with Gasteiger partial charge in [0.2, 0.25) is 0 Å². The van der Waals surface area contributed by atoms with Crippen molar-refractivity contribution in [3.05, 3.63) is 0 Å². The Hall–Kier alpha value is -0.320. The number of aliphatic carboxylic acids is 1. The van der Waals surface area contributed by atoms with E-state index in [-0.39, 0.29) is 6.61 Å². The predicted molar refractivity (Wildman–Crippen MR) is 38.9 cm³/mol. The number of carboxylic acids is 1. The highest BCUT2D eigenvalue weighted by atomic mass is 35.5. The summed E-state index contributed by atoms with van der Waals surface area (Å²) in [5, 5.41) is 15.5. The Bertz CT molecular complexity index is 71.3. The Labute approximate surface area is 64.9 Å². The number of nitrogens with one attached hydrogen (secondary N) is 1. The summed E-state index contributed by atoms with van der Waals surface area (Å²) in [7, 11) is 0. The highest BCUT2D eigenvalue weighted by molar-refractivity contribution is 6.13. The van der Waals surface area contributed by atoms with Crippen LogP contribution in [0.15, 0.2) is 0 Å². The summed E-state index contributed by atoms with van der Waals surface area (Å²) in [5.41, 5.74) is 0. The molecule has 0 aromatic carbocycles. The molecular weight excluding hydrogens is 158 g/mol. The molecule has 0 atom stereocenters. The molecule has 0 radical (unpaired) electrons. The first-order valence-electron chi connectivity index (χ1n) is 2.79. The lowest BCUT2D eigenvalue weighted by Gasteiger charge is -1.87. The van der Waals surface area contributed by atoms with E-state index >= 15 is 0 Å². The molecule has 0 amide bonds. The topological polar surface area (TPSA) is 69.6 Å². The standard InChI is InChI=1S/C3H8ClNO.C2H4O2/c4-5-2-1-3-6;1-2(3)4/h5-6H,1-3H2;1H3,(H,3,4). The average Bonchev–Trinajstić information content (AvgIpc) is 1.82. The van der Waals surface area contributed by atoms with Gasteiger partial charge in [-0.1, -0.05) is 0 Å². The van der Waals surface area contributed by atoms with Gasteiger partial charge in [0, 0.05) is 20.1 Å². The van der Waals surface area contributed by atoms with Crippen LogP contribution in [0, 0.1) is 0 Å². The summed E-state index contributed by atoms with van der Waals surface area (Å²) >= 11 is 5.02. The fourth-order valence-corrected chi connectivity index (χ4v) is 0.280. The van der Waals surface area contributed by atoms with Crippen molar-refractivity contribution in [3.8, 4) is 0 Å². The zero-order valence-electron chi connectivity index (χ0n) is 5.80. The van der Waals surface area contributed by atoms with E-state index in [4.69, 9.17) is 26.8 Å². The second-order valence-electron chi connectivity index (χ2n) is 1.48. The van der Waals surface area contributed by atoms with Crippen LogP contribution in [-0.4, -0.2) is 29.3 Å². The molecular formula is C5H12ClNO3. The highest BCUT2D eigenvalue weighted by Crippen LogP contribution is 1.70. The minimum absolute atomic E-state index is 0.208. The number of halogens is 1. The summed E-state index contributed by atoms with van der Waals surface area (Å²) < 4.78 is 0. The van der Waals surface area contributed by atoms with Crippen molar-refractivity contribution in [2.45, 2.75) is 13.3 Å². The molecule has 0 heterocycles. The van der Waals surface area contributed by atoms with Crippen LogP contribution in [-0.2, 0) is 4.79 Å². The minimum atomic E-state index is -0.833. The van der Waals surface area contributed by atoms with Crippen molar-refractivity contribution < 1.29 is 15.0 Å². The van der Waals surface area contributed by atoms with Crippen molar-refractivity contribution in [2.75, 3.05) is 13.2 Å². The van der Waals surface area contributed by atoms with Crippen molar-refractivity contribution in [1.29, 1.82) is 0 Å². The number of aliphatic hydroxyl groups excluding tert-OH is 1. The molecule has 0 saturated heterocycles. The second kappa shape index (κ2) is 11.5. The van der Waals surface area contributed by atoms with E-state index in [1.54, 1.807) is 0 Å². The van der Waals surface area contributed by atoms with Crippen molar-refractivity contribution in [2.24, 2.45) is 0 Å². The van der Waals surface area contributed by atoms with Crippen LogP contribution in [0.3, 0.4) is 0 Å². The maximum absolute atomic E-state index is 9.00. The molecule has 0 aromatic rings. The van der Waals surface area contributed by atoms with Crippen LogP contribution in [0.4, 0.5) is 0 Å². The van der Waals surface area contributed by atoms with E-state index in [2.05, 4.69) is 4.84 Å². The molecule has 0 bridgehead atoms.